The van der Waals surface area contributed by atoms with E-state index in [1.165, 1.54) is 6.42 Å². The lowest BCUT2D eigenvalue weighted by Crippen LogP contribution is -2.32. The van der Waals surface area contributed by atoms with Crippen LogP contribution >= 0.6 is 0 Å². The number of rotatable bonds is 0. The van der Waals surface area contributed by atoms with Gasteiger partial charge in [0.25, 0.3) is 0 Å². The first kappa shape index (κ1) is 7.63. The topological polar surface area (TPSA) is 20.2 Å². The van der Waals surface area contributed by atoms with Crippen LogP contribution in [-0.4, -0.2) is 10.7 Å². The van der Waals surface area contributed by atoms with E-state index in [2.05, 4.69) is 12.8 Å². The van der Waals surface area contributed by atoms with Crippen LogP contribution in [-0.2, 0) is 0 Å². The zero-order chi connectivity index (χ0) is 7.61. The molecular weight excluding hydrogens is 124 g/mol. The molecule has 1 rings (SSSR count). The predicted octanol–water partition coefficient (Wildman–Crippen LogP) is 1.56. The summed E-state index contributed by atoms with van der Waals surface area (Å²) in [6.07, 6.45) is 9.05. The first-order chi connectivity index (χ1) is 4.66. The molecule has 0 heterocycles. The van der Waals surface area contributed by atoms with E-state index in [0.29, 0.717) is 5.92 Å². The number of terminal acetylenes is 1. The van der Waals surface area contributed by atoms with E-state index in [4.69, 9.17) is 6.42 Å². The van der Waals surface area contributed by atoms with Crippen LogP contribution in [0.5, 0.6) is 0 Å². The van der Waals surface area contributed by atoms with Gasteiger partial charge in [0, 0.05) is 0 Å². The summed E-state index contributed by atoms with van der Waals surface area (Å²) in [4.78, 5) is 0. The second-order valence-electron chi connectivity index (χ2n) is 3.38. The molecule has 0 amide bonds. The second-order valence-corrected chi connectivity index (χ2v) is 3.38. The highest BCUT2D eigenvalue weighted by atomic mass is 16.3. The van der Waals surface area contributed by atoms with Gasteiger partial charge in [-0.25, -0.2) is 0 Å². The molecule has 0 spiro atoms. The van der Waals surface area contributed by atoms with E-state index < -0.39 is 5.60 Å². The van der Waals surface area contributed by atoms with Gasteiger partial charge in [-0.3, -0.25) is 0 Å². The van der Waals surface area contributed by atoms with Gasteiger partial charge in [0.05, 0.1) is 0 Å². The minimum absolute atomic E-state index is 0.592. The zero-order valence-corrected chi connectivity index (χ0v) is 6.43. The summed E-state index contributed by atoms with van der Waals surface area (Å²) < 4.78 is 0. The summed E-state index contributed by atoms with van der Waals surface area (Å²) in [5, 5.41) is 9.61. The summed E-state index contributed by atoms with van der Waals surface area (Å²) >= 11 is 0. The standard InChI is InChI=1S/C9H14O/c1-3-9(10)6-4-5-8(2)7-9/h1,8,10H,4-7H2,2H3/t8-,9+/m0/s1. The van der Waals surface area contributed by atoms with Crippen molar-refractivity contribution in [2.75, 3.05) is 0 Å². The molecule has 2 atom stereocenters. The Kier molecular flexibility index (Phi) is 2.01. The lowest BCUT2D eigenvalue weighted by atomic mass is 9.79. The van der Waals surface area contributed by atoms with Crippen LogP contribution in [0.25, 0.3) is 0 Å². The molecule has 1 saturated carbocycles. The SMILES string of the molecule is C#C[C@@]1(O)CCC[C@H](C)C1. The van der Waals surface area contributed by atoms with Crippen molar-refractivity contribution in [2.45, 2.75) is 38.2 Å². The fraction of sp³-hybridized carbons (Fsp3) is 0.778. The van der Waals surface area contributed by atoms with E-state index >= 15 is 0 Å². The summed E-state index contributed by atoms with van der Waals surface area (Å²) in [7, 11) is 0. The molecule has 0 aromatic rings. The number of hydrogen-bond acceptors (Lipinski definition) is 1. The molecule has 0 bridgehead atoms. The Morgan fingerprint density at radius 2 is 2.40 bits per heavy atom. The van der Waals surface area contributed by atoms with Gasteiger partial charge < -0.3 is 5.11 Å². The van der Waals surface area contributed by atoms with Crippen molar-refractivity contribution in [3.05, 3.63) is 0 Å². The van der Waals surface area contributed by atoms with E-state index in [0.717, 1.165) is 19.3 Å². The Labute approximate surface area is 62.4 Å². The van der Waals surface area contributed by atoms with E-state index in [-0.39, 0.29) is 0 Å². The molecule has 10 heavy (non-hydrogen) atoms. The molecule has 0 aromatic carbocycles. The highest BCUT2D eigenvalue weighted by Gasteiger charge is 2.29. The quantitative estimate of drug-likeness (QED) is 0.504. The van der Waals surface area contributed by atoms with Gasteiger partial charge in [-0.2, -0.15) is 0 Å². The molecule has 1 aliphatic rings. The highest BCUT2D eigenvalue weighted by Crippen LogP contribution is 2.31. The molecule has 0 aromatic heterocycles. The van der Waals surface area contributed by atoms with Crippen LogP contribution in [0.1, 0.15) is 32.6 Å². The zero-order valence-electron chi connectivity index (χ0n) is 6.43. The van der Waals surface area contributed by atoms with Gasteiger partial charge >= 0.3 is 0 Å². The van der Waals surface area contributed by atoms with Crippen molar-refractivity contribution >= 4 is 0 Å². The van der Waals surface area contributed by atoms with Gasteiger partial charge in [0.2, 0.25) is 0 Å². The van der Waals surface area contributed by atoms with E-state index in [1.54, 1.807) is 0 Å². The lowest BCUT2D eigenvalue weighted by molar-refractivity contribution is 0.0412. The van der Waals surface area contributed by atoms with Gasteiger partial charge in [-0.05, 0) is 25.2 Å². The smallest absolute Gasteiger partial charge is 0.125 e. The molecule has 1 fully saturated rings. The first-order valence-corrected chi connectivity index (χ1v) is 3.86. The fourth-order valence-electron chi connectivity index (χ4n) is 1.65. The predicted molar refractivity (Wildman–Crippen MR) is 41.4 cm³/mol. The van der Waals surface area contributed by atoms with Crippen molar-refractivity contribution in [1.29, 1.82) is 0 Å². The summed E-state index contributed by atoms with van der Waals surface area (Å²) in [6, 6.07) is 0. The van der Waals surface area contributed by atoms with Crippen molar-refractivity contribution < 1.29 is 5.11 Å². The summed E-state index contributed by atoms with van der Waals surface area (Å²) in [5.74, 6) is 3.06. The van der Waals surface area contributed by atoms with Crippen molar-refractivity contribution in [2.24, 2.45) is 5.92 Å². The van der Waals surface area contributed by atoms with Crippen molar-refractivity contribution in [3.8, 4) is 12.3 Å². The molecule has 0 radical (unpaired) electrons. The van der Waals surface area contributed by atoms with Gasteiger partial charge in [0.15, 0.2) is 0 Å². The molecular formula is C9H14O. The third-order valence-corrected chi connectivity index (χ3v) is 2.24. The minimum atomic E-state index is -0.780. The Hall–Kier alpha value is -0.480. The lowest BCUT2D eigenvalue weighted by Gasteiger charge is -2.30. The largest absolute Gasteiger partial charge is 0.378 e. The Morgan fingerprint density at radius 3 is 2.80 bits per heavy atom. The Balaban J connectivity index is 2.56. The number of aliphatic hydroxyl groups is 1. The van der Waals surface area contributed by atoms with E-state index in [9.17, 15) is 5.11 Å². The fourth-order valence-corrected chi connectivity index (χ4v) is 1.65. The maximum atomic E-state index is 9.61. The van der Waals surface area contributed by atoms with Crippen LogP contribution in [0.15, 0.2) is 0 Å². The molecule has 1 aliphatic carbocycles. The van der Waals surface area contributed by atoms with Crippen LogP contribution < -0.4 is 0 Å². The maximum absolute atomic E-state index is 9.61. The monoisotopic (exact) mass is 138 g/mol. The average molecular weight is 138 g/mol. The third kappa shape index (κ3) is 1.52. The number of hydrogen-bond donors (Lipinski definition) is 1. The second kappa shape index (κ2) is 2.64. The van der Waals surface area contributed by atoms with Crippen LogP contribution in [0, 0.1) is 18.3 Å². The Morgan fingerprint density at radius 1 is 1.70 bits per heavy atom. The van der Waals surface area contributed by atoms with Gasteiger partial charge in [-0.1, -0.05) is 19.3 Å². The highest BCUT2D eigenvalue weighted by molar-refractivity contribution is 5.08. The van der Waals surface area contributed by atoms with Crippen molar-refractivity contribution in [1.82, 2.24) is 0 Å². The molecule has 1 nitrogen and oxygen atoms in total. The maximum Gasteiger partial charge on any atom is 0.125 e. The molecule has 0 saturated heterocycles. The molecule has 0 unspecified atom stereocenters. The Bertz CT molecular complexity index is 157. The van der Waals surface area contributed by atoms with Crippen molar-refractivity contribution in [3.63, 3.8) is 0 Å². The van der Waals surface area contributed by atoms with Crippen LogP contribution in [0.3, 0.4) is 0 Å². The summed E-state index contributed by atoms with van der Waals surface area (Å²) in [6.45, 7) is 2.14. The molecule has 56 valence electrons. The average Bonchev–Trinajstić information content (AvgIpc) is 1.88. The molecule has 1 heteroatoms. The third-order valence-electron chi connectivity index (χ3n) is 2.24. The molecule has 0 aliphatic heterocycles. The minimum Gasteiger partial charge on any atom is -0.378 e. The van der Waals surface area contributed by atoms with E-state index in [1.807, 2.05) is 0 Å². The summed E-state index contributed by atoms with van der Waals surface area (Å²) in [5.41, 5.74) is -0.780. The van der Waals surface area contributed by atoms with Gasteiger partial charge in [0.1, 0.15) is 5.60 Å². The van der Waals surface area contributed by atoms with Crippen LogP contribution in [0.4, 0.5) is 0 Å². The van der Waals surface area contributed by atoms with Crippen LogP contribution in [0.2, 0.25) is 0 Å². The molecule has 1 N–H and O–H groups in total. The van der Waals surface area contributed by atoms with Gasteiger partial charge in [-0.15, -0.1) is 6.42 Å². The normalized spacial score (nSPS) is 40.7. The first-order valence-electron chi connectivity index (χ1n) is 3.86.